The lowest BCUT2D eigenvalue weighted by atomic mass is 9.97. The minimum atomic E-state index is -0.854. The number of benzene rings is 2. The number of ether oxygens (including phenoxy) is 1. The number of hydrogen-bond donors (Lipinski definition) is 0. The summed E-state index contributed by atoms with van der Waals surface area (Å²) in [6.07, 6.45) is 0.824. The molecule has 0 saturated carbocycles. The lowest BCUT2D eigenvalue weighted by molar-refractivity contribution is 0.0531. The summed E-state index contributed by atoms with van der Waals surface area (Å²) in [6, 6.07) is 10.3. The summed E-state index contributed by atoms with van der Waals surface area (Å²) in [5.74, 6) is -1.79. The number of anilines is 1. The summed E-state index contributed by atoms with van der Waals surface area (Å²) < 4.78 is 24.9. The molecular weight excluding hydrogens is 471 g/mol. The van der Waals surface area contributed by atoms with Crippen LogP contribution in [0.2, 0.25) is 0 Å². The van der Waals surface area contributed by atoms with E-state index in [1.807, 2.05) is 31.2 Å². The SMILES string of the molecule is CCOC(=O)c1sc(N2C(=O)c3oc4ccc(F)cc4c(=O)c3C2c2ccc(CC)cc2)nc1C. The number of nitrogens with zero attached hydrogens (tertiary/aromatic N) is 2. The molecule has 3 heterocycles. The summed E-state index contributed by atoms with van der Waals surface area (Å²) in [5.41, 5.74) is 1.92. The Morgan fingerprint density at radius 3 is 2.60 bits per heavy atom. The van der Waals surface area contributed by atoms with Gasteiger partial charge in [-0.3, -0.25) is 14.5 Å². The smallest absolute Gasteiger partial charge is 0.350 e. The molecule has 4 aromatic rings. The number of amides is 1. The average Bonchev–Trinajstić information content (AvgIpc) is 3.37. The quantitative estimate of drug-likeness (QED) is 0.357. The molecule has 1 aliphatic heterocycles. The zero-order valence-electron chi connectivity index (χ0n) is 19.3. The third kappa shape index (κ3) is 3.72. The Kier molecular flexibility index (Phi) is 5.72. The van der Waals surface area contributed by atoms with E-state index in [1.54, 1.807) is 13.8 Å². The number of rotatable bonds is 5. The molecule has 9 heteroatoms. The number of esters is 1. The molecule has 2 aromatic heterocycles. The van der Waals surface area contributed by atoms with Crippen molar-refractivity contribution in [1.29, 1.82) is 0 Å². The predicted octanol–water partition coefficient (Wildman–Crippen LogP) is 5.19. The van der Waals surface area contributed by atoms with E-state index in [1.165, 1.54) is 17.0 Å². The third-order valence-electron chi connectivity index (χ3n) is 5.99. The van der Waals surface area contributed by atoms with Crippen molar-refractivity contribution in [1.82, 2.24) is 4.98 Å². The van der Waals surface area contributed by atoms with Crippen LogP contribution in [-0.4, -0.2) is 23.5 Å². The lowest BCUT2D eigenvalue weighted by Gasteiger charge is -2.22. The Bertz CT molecular complexity index is 1540. The summed E-state index contributed by atoms with van der Waals surface area (Å²) in [6.45, 7) is 5.59. The molecule has 0 aliphatic carbocycles. The molecular formula is C26H21FN2O5S. The van der Waals surface area contributed by atoms with Crippen LogP contribution in [0.5, 0.6) is 0 Å². The van der Waals surface area contributed by atoms with Gasteiger partial charge in [0.15, 0.2) is 10.6 Å². The van der Waals surface area contributed by atoms with Crippen molar-refractivity contribution >= 4 is 39.3 Å². The Morgan fingerprint density at radius 2 is 1.91 bits per heavy atom. The highest BCUT2D eigenvalue weighted by molar-refractivity contribution is 7.17. The predicted molar refractivity (Wildman–Crippen MR) is 130 cm³/mol. The standard InChI is InChI=1S/C26H21FN2O5S/c1-4-14-6-8-15(9-7-14)20-19-21(30)17-12-16(27)10-11-18(17)34-22(19)24(31)29(20)26-28-13(3)23(35-26)25(32)33-5-2/h6-12,20H,4-5H2,1-3H3. The van der Waals surface area contributed by atoms with Gasteiger partial charge in [0, 0.05) is 0 Å². The van der Waals surface area contributed by atoms with Gasteiger partial charge >= 0.3 is 5.97 Å². The summed E-state index contributed by atoms with van der Waals surface area (Å²) in [7, 11) is 0. The molecule has 7 nitrogen and oxygen atoms in total. The van der Waals surface area contributed by atoms with Crippen LogP contribution >= 0.6 is 11.3 Å². The van der Waals surface area contributed by atoms with Crippen LogP contribution in [0, 0.1) is 12.7 Å². The average molecular weight is 493 g/mol. The number of halogens is 1. The van der Waals surface area contributed by atoms with E-state index in [2.05, 4.69) is 4.98 Å². The van der Waals surface area contributed by atoms with Crippen molar-refractivity contribution < 1.29 is 23.1 Å². The van der Waals surface area contributed by atoms with Gasteiger partial charge in [-0.15, -0.1) is 0 Å². The minimum Gasteiger partial charge on any atom is -0.462 e. The first-order valence-corrected chi connectivity index (χ1v) is 12.0. The Morgan fingerprint density at radius 1 is 1.17 bits per heavy atom. The van der Waals surface area contributed by atoms with E-state index in [-0.39, 0.29) is 38.9 Å². The number of aryl methyl sites for hydroxylation is 2. The van der Waals surface area contributed by atoms with Crippen LogP contribution < -0.4 is 10.3 Å². The van der Waals surface area contributed by atoms with Gasteiger partial charge in [0.2, 0.25) is 5.76 Å². The molecule has 2 aromatic carbocycles. The molecule has 1 amide bonds. The first-order chi connectivity index (χ1) is 16.8. The van der Waals surface area contributed by atoms with Gasteiger partial charge in [-0.25, -0.2) is 14.2 Å². The zero-order valence-corrected chi connectivity index (χ0v) is 20.1. The van der Waals surface area contributed by atoms with Gasteiger partial charge in [0.1, 0.15) is 16.3 Å². The number of hydrogen-bond acceptors (Lipinski definition) is 7. The van der Waals surface area contributed by atoms with Crippen molar-refractivity contribution in [3.63, 3.8) is 0 Å². The Balaban J connectivity index is 1.74. The van der Waals surface area contributed by atoms with Crippen LogP contribution in [0.25, 0.3) is 11.0 Å². The molecule has 0 spiro atoms. The molecule has 1 unspecified atom stereocenters. The van der Waals surface area contributed by atoms with Crippen LogP contribution in [0.15, 0.2) is 51.7 Å². The Hall–Kier alpha value is -3.85. The second-order valence-corrected chi connectivity index (χ2v) is 9.10. The summed E-state index contributed by atoms with van der Waals surface area (Å²) in [4.78, 5) is 45.7. The van der Waals surface area contributed by atoms with Crippen LogP contribution in [-0.2, 0) is 11.2 Å². The minimum absolute atomic E-state index is 0.0520. The topological polar surface area (TPSA) is 89.7 Å². The first kappa shape index (κ1) is 22.9. The van der Waals surface area contributed by atoms with Gasteiger partial charge in [0.05, 0.1) is 29.3 Å². The highest BCUT2D eigenvalue weighted by Gasteiger charge is 2.45. The molecule has 1 atom stereocenters. The fourth-order valence-electron chi connectivity index (χ4n) is 4.26. The van der Waals surface area contributed by atoms with Gasteiger partial charge < -0.3 is 9.15 Å². The maximum absolute atomic E-state index is 14.0. The number of thiazole rings is 1. The number of aromatic nitrogens is 1. The molecule has 0 N–H and O–H groups in total. The van der Waals surface area contributed by atoms with E-state index in [0.717, 1.165) is 29.4 Å². The first-order valence-electron chi connectivity index (χ1n) is 11.2. The van der Waals surface area contributed by atoms with Crippen molar-refractivity contribution in [3.05, 3.63) is 91.5 Å². The second-order valence-electron chi connectivity index (χ2n) is 8.12. The van der Waals surface area contributed by atoms with E-state index in [4.69, 9.17) is 9.15 Å². The fraction of sp³-hybridized carbons (Fsp3) is 0.231. The maximum atomic E-state index is 14.0. The van der Waals surface area contributed by atoms with Gasteiger partial charge in [-0.2, -0.15) is 0 Å². The third-order valence-corrected chi connectivity index (χ3v) is 7.12. The number of carbonyl (C=O) groups is 2. The van der Waals surface area contributed by atoms with Crippen molar-refractivity contribution in [2.75, 3.05) is 11.5 Å². The lowest BCUT2D eigenvalue weighted by Crippen LogP contribution is -2.29. The molecule has 0 radical (unpaired) electrons. The zero-order chi connectivity index (χ0) is 24.9. The normalized spacial score (nSPS) is 15.0. The molecule has 5 rings (SSSR count). The van der Waals surface area contributed by atoms with Gasteiger partial charge in [-0.05, 0) is 49.6 Å². The largest absolute Gasteiger partial charge is 0.462 e. The van der Waals surface area contributed by atoms with Crippen molar-refractivity contribution in [2.45, 2.75) is 33.2 Å². The van der Waals surface area contributed by atoms with Gasteiger partial charge in [-0.1, -0.05) is 42.5 Å². The monoisotopic (exact) mass is 492 g/mol. The molecule has 35 heavy (non-hydrogen) atoms. The highest BCUT2D eigenvalue weighted by atomic mass is 32.1. The molecule has 0 fully saturated rings. The highest BCUT2D eigenvalue weighted by Crippen LogP contribution is 2.43. The fourth-order valence-corrected chi connectivity index (χ4v) is 5.25. The van der Waals surface area contributed by atoms with Crippen molar-refractivity contribution in [2.24, 2.45) is 0 Å². The summed E-state index contributed by atoms with van der Waals surface area (Å²) >= 11 is 1.01. The number of fused-ring (bicyclic) bond motifs is 2. The second kappa shape index (κ2) is 8.74. The number of carbonyl (C=O) groups excluding carboxylic acids is 2. The van der Waals surface area contributed by atoms with E-state index in [9.17, 15) is 18.8 Å². The van der Waals surface area contributed by atoms with Crippen molar-refractivity contribution in [3.8, 4) is 0 Å². The Labute approximate surface area is 203 Å². The van der Waals surface area contributed by atoms with Crippen LogP contribution in [0.3, 0.4) is 0 Å². The van der Waals surface area contributed by atoms with Crippen LogP contribution in [0.4, 0.5) is 9.52 Å². The molecule has 0 bridgehead atoms. The van der Waals surface area contributed by atoms with Gasteiger partial charge in [0.25, 0.3) is 5.91 Å². The maximum Gasteiger partial charge on any atom is 0.350 e. The molecule has 1 aliphatic rings. The summed E-state index contributed by atoms with van der Waals surface area (Å²) in [5, 5.41) is 0.289. The van der Waals surface area contributed by atoms with Crippen LogP contribution in [0.1, 0.15) is 62.5 Å². The molecule has 0 saturated heterocycles. The molecule has 178 valence electrons. The van der Waals surface area contributed by atoms with E-state index in [0.29, 0.717) is 11.3 Å². The van der Waals surface area contributed by atoms with E-state index < -0.39 is 29.2 Å². The van der Waals surface area contributed by atoms with E-state index >= 15 is 0 Å².